The summed E-state index contributed by atoms with van der Waals surface area (Å²) in [5.41, 5.74) is 2.25. The number of allylic oxidation sites excluding steroid dienone is 1. The van der Waals surface area contributed by atoms with Crippen LogP contribution in [0.15, 0.2) is 74.3 Å². The molecule has 0 N–H and O–H groups in total. The zero-order valence-electron chi connectivity index (χ0n) is 16.0. The molecule has 0 fully saturated rings. The second kappa shape index (κ2) is 8.99. The van der Waals surface area contributed by atoms with Crippen LogP contribution < -0.4 is 0 Å². The summed E-state index contributed by atoms with van der Waals surface area (Å²) in [5, 5.41) is 9.53. The smallest absolute Gasteiger partial charge is 0.338 e. The number of esters is 1. The molecule has 0 aliphatic rings. The number of furan rings is 1. The van der Waals surface area contributed by atoms with Gasteiger partial charge in [-0.25, -0.2) is 9.78 Å². The van der Waals surface area contributed by atoms with Gasteiger partial charge in [-0.1, -0.05) is 24.3 Å². The standard InChI is InChI=1S/C23H16N2O3S2/c1-2-27-22(26)16-9-7-15(8-10-16)20-12-11-17(28-20)13-18(14-24)29-23-25-19-5-3-4-6-21(19)30-23/h3-13H,2H2,1H3. The number of aromatic nitrogens is 1. The van der Waals surface area contributed by atoms with Gasteiger partial charge in [0.25, 0.3) is 0 Å². The van der Waals surface area contributed by atoms with Gasteiger partial charge in [0, 0.05) is 11.6 Å². The van der Waals surface area contributed by atoms with Crippen LogP contribution in [0, 0.1) is 11.3 Å². The van der Waals surface area contributed by atoms with Crippen LogP contribution in [-0.2, 0) is 4.74 Å². The Bertz CT molecular complexity index is 1230. The third-order valence-electron chi connectivity index (χ3n) is 4.16. The van der Waals surface area contributed by atoms with Crippen molar-refractivity contribution in [3.63, 3.8) is 0 Å². The van der Waals surface area contributed by atoms with Crippen LogP contribution in [0.25, 0.3) is 27.6 Å². The molecule has 0 spiro atoms. The van der Waals surface area contributed by atoms with E-state index < -0.39 is 0 Å². The summed E-state index contributed by atoms with van der Waals surface area (Å²) in [5.74, 6) is 0.876. The molecule has 0 aliphatic carbocycles. The van der Waals surface area contributed by atoms with E-state index in [0.29, 0.717) is 28.6 Å². The van der Waals surface area contributed by atoms with Gasteiger partial charge < -0.3 is 9.15 Å². The van der Waals surface area contributed by atoms with Crippen LogP contribution in [0.4, 0.5) is 0 Å². The first-order valence-corrected chi connectivity index (χ1v) is 10.8. The van der Waals surface area contributed by atoms with Gasteiger partial charge in [-0.05, 0) is 55.1 Å². The third-order valence-corrected chi connectivity index (χ3v) is 6.19. The average Bonchev–Trinajstić information content (AvgIpc) is 3.40. The first kappa shape index (κ1) is 20.0. The zero-order chi connectivity index (χ0) is 20.9. The number of hydrogen-bond donors (Lipinski definition) is 0. The lowest BCUT2D eigenvalue weighted by Gasteiger charge is -2.02. The van der Waals surface area contributed by atoms with Crippen molar-refractivity contribution >= 4 is 45.4 Å². The van der Waals surface area contributed by atoms with E-state index in [1.165, 1.54) is 11.8 Å². The van der Waals surface area contributed by atoms with Crippen molar-refractivity contribution in [1.82, 2.24) is 4.98 Å². The molecule has 0 radical (unpaired) electrons. The highest BCUT2D eigenvalue weighted by molar-refractivity contribution is 8.05. The van der Waals surface area contributed by atoms with E-state index in [9.17, 15) is 10.1 Å². The number of thiazole rings is 1. The van der Waals surface area contributed by atoms with Crippen molar-refractivity contribution in [2.24, 2.45) is 0 Å². The predicted molar refractivity (Wildman–Crippen MR) is 119 cm³/mol. The fourth-order valence-electron chi connectivity index (χ4n) is 2.77. The second-order valence-corrected chi connectivity index (χ2v) is 8.49. The second-order valence-electron chi connectivity index (χ2n) is 6.17. The molecule has 0 bridgehead atoms. The van der Waals surface area contributed by atoms with Crippen molar-refractivity contribution in [3.8, 4) is 17.4 Å². The highest BCUT2D eigenvalue weighted by Gasteiger charge is 2.11. The summed E-state index contributed by atoms with van der Waals surface area (Å²) < 4.78 is 12.8. The lowest BCUT2D eigenvalue weighted by Crippen LogP contribution is -2.03. The summed E-state index contributed by atoms with van der Waals surface area (Å²) in [6.45, 7) is 2.11. The molecule has 4 aromatic rings. The molecule has 0 amide bonds. The molecule has 5 nitrogen and oxygen atoms in total. The summed E-state index contributed by atoms with van der Waals surface area (Å²) in [6.07, 6.45) is 1.70. The number of rotatable bonds is 6. The van der Waals surface area contributed by atoms with Crippen LogP contribution in [0.5, 0.6) is 0 Å². The molecule has 0 unspecified atom stereocenters. The topological polar surface area (TPSA) is 76.1 Å². The Balaban J connectivity index is 1.51. The fraction of sp³-hybridized carbons (Fsp3) is 0.0870. The number of benzene rings is 2. The number of para-hydroxylation sites is 1. The lowest BCUT2D eigenvalue weighted by atomic mass is 10.1. The zero-order valence-corrected chi connectivity index (χ0v) is 17.6. The van der Waals surface area contributed by atoms with Crippen molar-refractivity contribution < 1.29 is 13.9 Å². The molecule has 2 aromatic heterocycles. The van der Waals surface area contributed by atoms with Crippen molar-refractivity contribution in [3.05, 3.63) is 76.9 Å². The number of fused-ring (bicyclic) bond motifs is 1. The molecular weight excluding hydrogens is 416 g/mol. The molecule has 0 aliphatic heterocycles. The van der Waals surface area contributed by atoms with Gasteiger partial charge in [0.1, 0.15) is 17.6 Å². The average molecular weight is 433 g/mol. The van der Waals surface area contributed by atoms with E-state index in [2.05, 4.69) is 11.1 Å². The van der Waals surface area contributed by atoms with Gasteiger partial charge in [-0.3, -0.25) is 0 Å². The van der Waals surface area contributed by atoms with Crippen molar-refractivity contribution in [2.75, 3.05) is 6.61 Å². The summed E-state index contributed by atoms with van der Waals surface area (Å²) in [4.78, 5) is 16.8. The van der Waals surface area contributed by atoms with Crippen molar-refractivity contribution in [1.29, 1.82) is 5.26 Å². The van der Waals surface area contributed by atoms with E-state index in [4.69, 9.17) is 9.15 Å². The maximum absolute atomic E-state index is 11.8. The van der Waals surface area contributed by atoms with E-state index >= 15 is 0 Å². The number of carbonyl (C=O) groups excluding carboxylic acids is 1. The van der Waals surface area contributed by atoms with Crippen LogP contribution in [0.3, 0.4) is 0 Å². The van der Waals surface area contributed by atoms with Gasteiger partial charge in [-0.15, -0.1) is 11.3 Å². The summed E-state index contributed by atoms with van der Waals surface area (Å²) in [7, 11) is 0. The molecule has 0 saturated carbocycles. The number of ether oxygens (including phenoxy) is 1. The molecule has 148 valence electrons. The molecule has 7 heteroatoms. The van der Waals surface area contributed by atoms with Gasteiger partial charge in [-0.2, -0.15) is 5.26 Å². The number of thioether (sulfide) groups is 1. The molecule has 2 aromatic carbocycles. The van der Waals surface area contributed by atoms with E-state index in [-0.39, 0.29) is 5.97 Å². The minimum Gasteiger partial charge on any atom is -0.462 e. The molecule has 4 rings (SSSR count). The Morgan fingerprint density at radius 2 is 2.00 bits per heavy atom. The Morgan fingerprint density at radius 3 is 2.73 bits per heavy atom. The Morgan fingerprint density at radius 1 is 1.20 bits per heavy atom. The Hall–Kier alpha value is -3.34. The molecule has 2 heterocycles. The Kier molecular flexibility index (Phi) is 5.98. The van der Waals surface area contributed by atoms with Crippen molar-refractivity contribution in [2.45, 2.75) is 11.3 Å². The number of nitrogens with zero attached hydrogens (tertiary/aromatic N) is 2. The van der Waals surface area contributed by atoms with Gasteiger partial charge in [0.05, 0.1) is 27.3 Å². The number of hydrogen-bond acceptors (Lipinski definition) is 7. The van der Waals surface area contributed by atoms with Crippen LogP contribution in [0.2, 0.25) is 0 Å². The highest BCUT2D eigenvalue weighted by atomic mass is 32.2. The summed E-state index contributed by atoms with van der Waals surface area (Å²) >= 11 is 2.87. The monoisotopic (exact) mass is 432 g/mol. The summed E-state index contributed by atoms with van der Waals surface area (Å²) in [6, 6.07) is 20.8. The Labute approximate surface area is 181 Å². The van der Waals surface area contributed by atoms with E-state index in [1.54, 1.807) is 48.6 Å². The first-order chi connectivity index (χ1) is 14.7. The minimum absolute atomic E-state index is 0.338. The van der Waals surface area contributed by atoms with Crippen LogP contribution in [-0.4, -0.2) is 17.6 Å². The number of nitriles is 1. The van der Waals surface area contributed by atoms with Crippen LogP contribution >= 0.6 is 23.1 Å². The van der Waals surface area contributed by atoms with Gasteiger partial charge >= 0.3 is 5.97 Å². The predicted octanol–water partition coefficient (Wildman–Crippen LogP) is 6.39. The van der Waals surface area contributed by atoms with E-state index in [0.717, 1.165) is 20.1 Å². The van der Waals surface area contributed by atoms with Crippen LogP contribution in [0.1, 0.15) is 23.0 Å². The fourth-order valence-corrected chi connectivity index (χ4v) is 4.73. The maximum atomic E-state index is 11.8. The minimum atomic E-state index is -0.349. The molecule has 0 saturated heterocycles. The maximum Gasteiger partial charge on any atom is 0.338 e. The first-order valence-electron chi connectivity index (χ1n) is 9.19. The third kappa shape index (κ3) is 4.46. The van der Waals surface area contributed by atoms with Gasteiger partial charge in [0.2, 0.25) is 0 Å². The molecular formula is C23H16N2O3S2. The largest absolute Gasteiger partial charge is 0.462 e. The highest BCUT2D eigenvalue weighted by Crippen LogP contribution is 2.35. The van der Waals surface area contributed by atoms with Gasteiger partial charge in [0.15, 0.2) is 4.34 Å². The quantitative estimate of drug-likeness (QED) is 0.200. The lowest BCUT2D eigenvalue weighted by molar-refractivity contribution is 0.0526. The molecule has 0 atom stereocenters. The number of carbonyl (C=O) groups is 1. The van der Waals surface area contributed by atoms with E-state index in [1.807, 2.05) is 36.4 Å². The molecule has 30 heavy (non-hydrogen) atoms. The SMILES string of the molecule is CCOC(=O)c1ccc(-c2ccc(C=C(C#N)Sc3nc4ccccc4s3)o2)cc1. The normalized spacial score (nSPS) is 11.4.